The summed E-state index contributed by atoms with van der Waals surface area (Å²) in [7, 11) is 0. The highest BCUT2D eigenvalue weighted by atomic mass is 79.9. The van der Waals surface area contributed by atoms with Gasteiger partial charge in [-0.05, 0) is 54.9 Å². The van der Waals surface area contributed by atoms with Crippen molar-refractivity contribution in [2.45, 2.75) is 19.9 Å². The molecule has 0 bridgehead atoms. The maximum Gasteiger partial charge on any atom is 0.119 e. The first-order valence-electron chi connectivity index (χ1n) is 7.06. The third-order valence-electron chi connectivity index (χ3n) is 3.13. The molecule has 0 aliphatic rings. The van der Waals surface area contributed by atoms with Crippen LogP contribution in [0.3, 0.4) is 0 Å². The fourth-order valence-corrected chi connectivity index (χ4v) is 3.65. The molecule has 0 heterocycles. The van der Waals surface area contributed by atoms with Gasteiger partial charge in [-0.15, -0.1) is 0 Å². The van der Waals surface area contributed by atoms with Gasteiger partial charge in [0.05, 0.1) is 12.6 Å². The van der Waals surface area contributed by atoms with Gasteiger partial charge in [0.2, 0.25) is 0 Å². The average molecular weight is 413 g/mol. The lowest BCUT2D eigenvalue weighted by Gasteiger charge is -2.20. The molecular weight excluding hydrogens is 394 g/mol. The number of halogens is 2. The van der Waals surface area contributed by atoms with Crippen LogP contribution in [-0.4, -0.2) is 13.2 Å². The van der Waals surface area contributed by atoms with Gasteiger partial charge in [-0.3, -0.25) is 0 Å². The first-order valence-corrected chi connectivity index (χ1v) is 8.64. The quantitative estimate of drug-likeness (QED) is 0.694. The van der Waals surface area contributed by atoms with E-state index in [2.05, 4.69) is 68.4 Å². The molecule has 2 aromatic rings. The molecule has 4 heteroatoms. The summed E-state index contributed by atoms with van der Waals surface area (Å²) in [5.74, 6) is 0.909. The van der Waals surface area contributed by atoms with Crippen LogP contribution >= 0.6 is 31.9 Å². The van der Waals surface area contributed by atoms with Gasteiger partial charge >= 0.3 is 0 Å². The summed E-state index contributed by atoms with van der Waals surface area (Å²) in [5.41, 5.74) is 2.42. The number of benzene rings is 2. The predicted octanol–water partition coefficient (Wildman–Crippen LogP) is 5.31. The molecule has 0 spiro atoms. The van der Waals surface area contributed by atoms with Gasteiger partial charge in [0, 0.05) is 8.95 Å². The lowest BCUT2D eigenvalue weighted by molar-refractivity contribution is 0.339. The molecule has 1 unspecified atom stereocenters. The molecule has 2 aromatic carbocycles. The van der Waals surface area contributed by atoms with Crippen LogP contribution in [0.2, 0.25) is 0 Å². The maximum absolute atomic E-state index is 5.61. The van der Waals surface area contributed by atoms with Crippen LogP contribution in [0.15, 0.2) is 51.4 Å². The van der Waals surface area contributed by atoms with Crippen LogP contribution in [0.4, 0.5) is 0 Å². The minimum absolute atomic E-state index is 0.143. The summed E-state index contributed by atoms with van der Waals surface area (Å²) in [4.78, 5) is 0. The van der Waals surface area contributed by atoms with Crippen molar-refractivity contribution in [1.29, 1.82) is 0 Å². The second kappa shape index (κ2) is 7.97. The smallest absolute Gasteiger partial charge is 0.119 e. The van der Waals surface area contributed by atoms with Gasteiger partial charge in [-0.25, -0.2) is 0 Å². The Labute approximate surface area is 143 Å². The SMILES string of the molecule is CCNC(c1cc(Br)cc(Br)c1)c1cccc(OCC)c1. The summed E-state index contributed by atoms with van der Waals surface area (Å²) in [5, 5.41) is 3.54. The number of nitrogens with one attached hydrogen (secondary N) is 1. The van der Waals surface area contributed by atoms with Gasteiger partial charge in [0.25, 0.3) is 0 Å². The van der Waals surface area contributed by atoms with Crippen molar-refractivity contribution in [2.75, 3.05) is 13.2 Å². The largest absolute Gasteiger partial charge is 0.494 e. The van der Waals surface area contributed by atoms with E-state index in [9.17, 15) is 0 Å². The van der Waals surface area contributed by atoms with Crippen LogP contribution in [0.1, 0.15) is 31.0 Å². The van der Waals surface area contributed by atoms with E-state index in [0.29, 0.717) is 6.61 Å². The highest BCUT2D eigenvalue weighted by molar-refractivity contribution is 9.11. The van der Waals surface area contributed by atoms with Crippen LogP contribution in [0, 0.1) is 0 Å². The van der Waals surface area contributed by atoms with Gasteiger partial charge in [-0.1, -0.05) is 50.9 Å². The van der Waals surface area contributed by atoms with E-state index in [-0.39, 0.29) is 6.04 Å². The summed E-state index contributed by atoms with van der Waals surface area (Å²) >= 11 is 7.12. The van der Waals surface area contributed by atoms with Crippen molar-refractivity contribution in [2.24, 2.45) is 0 Å². The molecule has 21 heavy (non-hydrogen) atoms. The van der Waals surface area contributed by atoms with E-state index >= 15 is 0 Å². The molecule has 2 nitrogen and oxygen atoms in total. The monoisotopic (exact) mass is 411 g/mol. The molecule has 112 valence electrons. The van der Waals surface area contributed by atoms with Crippen molar-refractivity contribution in [3.8, 4) is 5.75 Å². The molecule has 0 saturated heterocycles. The molecule has 1 atom stereocenters. The van der Waals surface area contributed by atoms with Crippen molar-refractivity contribution >= 4 is 31.9 Å². The Hall–Kier alpha value is -0.840. The normalized spacial score (nSPS) is 12.2. The molecule has 0 saturated carbocycles. The standard InChI is InChI=1S/C17H19Br2NO/c1-3-20-17(13-8-14(18)11-15(19)9-13)12-6-5-7-16(10-12)21-4-2/h5-11,17,20H,3-4H2,1-2H3. The van der Waals surface area contributed by atoms with Gasteiger partial charge in [-0.2, -0.15) is 0 Å². The molecule has 2 rings (SSSR count). The highest BCUT2D eigenvalue weighted by Gasteiger charge is 2.14. The zero-order valence-electron chi connectivity index (χ0n) is 12.2. The van der Waals surface area contributed by atoms with Crippen LogP contribution in [0.5, 0.6) is 5.75 Å². The molecule has 1 N–H and O–H groups in total. The second-order valence-corrected chi connectivity index (χ2v) is 6.53. The number of hydrogen-bond donors (Lipinski definition) is 1. The minimum Gasteiger partial charge on any atom is -0.494 e. The van der Waals surface area contributed by atoms with Crippen LogP contribution in [0.25, 0.3) is 0 Å². The van der Waals surface area contributed by atoms with Gasteiger partial charge in [0.1, 0.15) is 5.75 Å². The lowest BCUT2D eigenvalue weighted by atomic mass is 9.98. The third-order valence-corrected chi connectivity index (χ3v) is 4.04. The van der Waals surface area contributed by atoms with E-state index in [0.717, 1.165) is 21.2 Å². The Morgan fingerprint density at radius 2 is 1.71 bits per heavy atom. The topological polar surface area (TPSA) is 21.3 Å². The van der Waals surface area contributed by atoms with E-state index < -0.39 is 0 Å². The molecule has 0 aliphatic heterocycles. The predicted molar refractivity (Wildman–Crippen MR) is 95.0 cm³/mol. The fraction of sp³-hybridized carbons (Fsp3) is 0.294. The number of hydrogen-bond acceptors (Lipinski definition) is 2. The summed E-state index contributed by atoms with van der Waals surface area (Å²) < 4.78 is 7.74. The Balaban J connectivity index is 2.40. The Kier molecular flexibility index (Phi) is 6.27. The van der Waals surface area contributed by atoms with Gasteiger partial charge < -0.3 is 10.1 Å². The van der Waals surface area contributed by atoms with Crippen molar-refractivity contribution in [1.82, 2.24) is 5.32 Å². The van der Waals surface area contributed by atoms with Crippen molar-refractivity contribution in [3.63, 3.8) is 0 Å². The molecular formula is C17H19Br2NO. The van der Waals surface area contributed by atoms with E-state index in [1.165, 1.54) is 11.1 Å². The molecule has 0 radical (unpaired) electrons. The zero-order chi connectivity index (χ0) is 15.2. The second-order valence-electron chi connectivity index (χ2n) is 4.70. The molecule has 0 aliphatic carbocycles. The molecule has 0 fully saturated rings. The number of ether oxygens (including phenoxy) is 1. The molecule has 0 aromatic heterocycles. The van der Waals surface area contributed by atoms with Crippen molar-refractivity contribution < 1.29 is 4.74 Å². The Bertz CT molecular complexity index is 581. The Morgan fingerprint density at radius 3 is 2.33 bits per heavy atom. The summed E-state index contributed by atoms with van der Waals surface area (Å²) in [6.45, 7) is 5.69. The average Bonchev–Trinajstić information content (AvgIpc) is 2.44. The first kappa shape index (κ1) is 16.5. The fourth-order valence-electron chi connectivity index (χ4n) is 2.32. The van der Waals surface area contributed by atoms with Crippen LogP contribution in [-0.2, 0) is 0 Å². The third kappa shape index (κ3) is 4.56. The molecule has 0 amide bonds. The lowest BCUT2D eigenvalue weighted by Crippen LogP contribution is -2.22. The highest BCUT2D eigenvalue weighted by Crippen LogP contribution is 2.29. The summed E-state index contributed by atoms with van der Waals surface area (Å²) in [6, 6.07) is 14.7. The first-order chi connectivity index (χ1) is 10.1. The van der Waals surface area contributed by atoms with E-state index in [4.69, 9.17) is 4.74 Å². The minimum atomic E-state index is 0.143. The Morgan fingerprint density at radius 1 is 1.00 bits per heavy atom. The summed E-state index contributed by atoms with van der Waals surface area (Å²) in [6.07, 6.45) is 0. The maximum atomic E-state index is 5.61. The van der Waals surface area contributed by atoms with E-state index in [1.54, 1.807) is 0 Å². The zero-order valence-corrected chi connectivity index (χ0v) is 15.4. The van der Waals surface area contributed by atoms with Gasteiger partial charge in [0.15, 0.2) is 0 Å². The number of rotatable bonds is 6. The van der Waals surface area contributed by atoms with E-state index in [1.807, 2.05) is 25.1 Å². The van der Waals surface area contributed by atoms with Crippen LogP contribution < -0.4 is 10.1 Å². The van der Waals surface area contributed by atoms with Crippen molar-refractivity contribution in [3.05, 3.63) is 62.5 Å².